The fourth-order valence-electron chi connectivity index (χ4n) is 0.811. The van der Waals surface area contributed by atoms with Crippen molar-refractivity contribution in [2.75, 3.05) is 5.32 Å². The Bertz CT molecular complexity index is 349. The van der Waals surface area contributed by atoms with Gasteiger partial charge in [0.2, 0.25) is 0 Å². The van der Waals surface area contributed by atoms with Crippen molar-refractivity contribution in [3.8, 4) is 0 Å². The van der Waals surface area contributed by atoms with Crippen molar-refractivity contribution in [2.45, 2.75) is 0 Å². The molecule has 4 nitrogen and oxygen atoms in total. The van der Waals surface area contributed by atoms with E-state index in [9.17, 15) is 13.6 Å². The zero-order valence-corrected chi connectivity index (χ0v) is 7.53. The quantitative estimate of drug-likeness (QED) is 0.383. The average molecular weight is 222 g/mol. The smallest absolute Gasteiger partial charge is 0.303 e. The molecule has 0 aliphatic carbocycles. The van der Waals surface area contributed by atoms with Crippen molar-refractivity contribution in [3.05, 3.63) is 28.8 Å². The van der Waals surface area contributed by atoms with Gasteiger partial charge in [0, 0.05) is 6.07 Å². The number of nitrogens with two attached hydrogens (primary N) is 1. The van der Waals surface area contributed by atoms with E-state index < -0.39 is 17.7 Å². The molecule has 0 saturated heterocycles. The highest BCUT2D eigenvalue weighted by molar-refractivity contribution is 6.33. The number of hydrogen-bond acceptors (Lipinski definition) is 2. The molecular weight excluding hydrogens is 216 g/mol. The normalized spacial score (nSPS) is 9.71. The monoisotopic (exact) mass is 221 g/mol. The Morgan fingerprint density at radius 3 is 2.57 bits per heavy atom. The summed E-state index contributed by atoms with van der Waals surface area (Å²) >= 11 is 5.47. The number of benzene rings is 1. The molecule has 0 radical (unpaired) electrons. The summed E-state index contributed by atoms with van der Waals surface area (Å²) in [5.74, 6) is 2.95. The van der Waals surface area contributed by atoms with Gasteiger partial charge < -0.3 is 5.32 Å². The highest BCUT2D eigenvalue weighted by atomic mass is 35.5. The summed E-state index contributed by atoms with van der Waals surface area (Å²) in [4.78, 5) is 10.7. The minimum absolute atomic E-state index is 0.244. The first-order valence-corrected chi connectivity index (χ1v) is 3.84. The number of carbonyl (C=O) groups excluding carboxylic acids is 1. The lowest BCUT2D eigenvalue weighted by atomic mass is 10.3. The van der Waals surface area contributed by atoms with Gasteiger partial charge in [0.05, 0.1) is 10.7 Å². The molecule has 2 amide bonds. The van der Waals surface area contributed by atoms with Gasteiger partial charge in [0.15, 0.2) is 5.82 Å². The second-order valence-corrected chi connectivity index (χ2v) is 2.75. The van der Waals surface area contributed by atoms with Crippen LogP contribution in [-0.2, 0) is 0 Å². The summed E-state index contributed by atoms with van der Waals surface area (Å²) < 4.78 is 25.6. The lowest BCUT2D eigenvalue weighted by molar-refractivity contribution is 0.252. The summed E-state index contributed by atoms with van der Waals surface area (Å²) in [6.07, 6.45) is 0. The van der Waals surface area contributed by atoms with E-state index in [0.29, 0.717) is 6.07 Å². The molecule has 14 heavy (non-hydrogen) atoms. The molecule has 0 atom stereocenters. The summed E-state index contributed by atoms with van der Waals surface area (Å²) in [5, 5.41) is 1.76. The molecule has 0 saturated carbocycles. The van der Waals surface area contributed by atoms with E-state index in [-0.39, 0.29) is 10.7 Å². The molecule has 7 heteroatoms. The van der Waals surface area contributed by atoms with Crippen LogP contribution in [0.2, 0.25) is 5.02 Å². The maximum Gasteiger partial charge on any atom is 0.333 e. The zero-order chi connectivity index (χ0) is 10.7. The number of amides is 2. The van der Waals surface area contributed by atoms with Crippen LogP contribution in [0.15, 0.2) is 12.1 Å². The number of carbonyl (C=O) groups is 1. The lowest BCUT2D eigenvalue weighted by Gasteiger charge is -2.07. The van der Waals surface area contributed by atoms with Gasteiger partial charge in [-0.15, -0.1) is 0 Å². The number of rotatable bonds is 1. The Labute approximate surface area is 83.0 Å². The van der Waals surface area contributed by atoms with Gasteiger partial charge in [-0.3, -0.25) is 5.43 Å². The predicted octanol–water partition coefficient (Wildman–Crippen LogP) is 1.61. The number of hydrazine groups is 1. The van der Waals surface area contributed by atoms with E-state index in [2.05, 4.69) is 0 Å². The molecule has 1 aromatic carbocycles. The Hall–Kier alpha value is -1.40. The fraction of sp³-hybridized carbons (Fsp3) is 0. The van der Waals surface area contributed by atoms with Crippen LogP contribution < -0.4 is 16.6 Å². The number of urea groups is 1. The highest BCUT2D eigenvalue weighted by Gasteiger charge is 2.11. The molecule has 0 spiro atoms. The second kappa shape index (κ2) is 4.21. The fourth-order valence-corrected chi connectivity index (χ4v) is 1.05. The zero-order valence-electron chi connectivity index (χ0n) is 6.77. The Morgan fingerprint density at radius 1 is 1.43 bits per heavy atom. The van der Waals surface area contributed by atoms with Crippen molar-refractivity contribution in [2.24, 2.45) is 5.84 Å². The second-order valence-electron chi connectivity index (χ2n) is 2.34. The molecule has 0 bridgehead atoms. The summed E-state index contributed by atoms with van der Waals surface area (Å²) in [6, 6.07) is 0.617. The van der Waals surface area contributed by atoms with E-state index in [4.69, 9.17) is 17.4 Å². The Kier molecular flexibility index (Phi) is 3.21. The topological polar surface area (TPSA) is 67.1 Å². The number of nitrogens with one attached hydrogen (secondary N) is 2. The lowest BCUT2D eigenvalue weighted by Crippen LogP contribution is -2.34. The molecule has 1 rings (SSSR count). The van der Waals surface area contributed by atoms with Crippen molar-refractivity contribution < 1.29 is 13.6 Å². The third-order valence-corrected chi connectivity index (χ3v) is 1.67. The average Bonchev–Trinajstić information content (AvgIpc) is 2.10. The van der Waals surface area contributed by atoms with Crippen LogP contribution in [0.4, 0.5) is 19.3 Å². The third-order valence-electron chi connectivity index (χ3n) is 1.38. The van der Waals surface area contributed by atoms with Gasteiger partial charge in [-0.25, -0.2) is 19.4 Å². The molecule has 0 aromatic heterocycles. The van der Waals surface area contributed by atoms with Crippen molar-refractivity contribution in [1.29, 1.82) is 0 Å². The predicted molar refractivity (Wildman–Crippen MR) is 47.7 cm³/mol. The largest absolute Gasteiger partial charge is 0.333 e. The van der Waals surface area contributed by atoms with Crippen LogP contribution in [0, 0.1) is 11.6 Å². The first kappa shape index (κ1) is 10.7. The molecule has 0 fully saturated rings. The number of anilines is 1. The van der Waals surface area contributed by atoms with Gasteiger partial charge in [-0.05, 0) is 6.07 Å². The van der Waals surface area contributed by atoms with Crippen LogP contribution in [0.1, 0.15) is 0 Å². The molecule has 1 aromatic rings. The first-order valence-electron chi connectivity index (χ1n) is 3.46. The maximum absolute atomic E-state index is 13.0. The Balaban J connectivity index is 3.02. The number of hydrogen-bond donors (Lipinski definition) is 3. The van der Waals surface area contributed by atoms with E-state index in [0.717, 1.165) is 6.07 Å². The van der Waals surface area contributed by atoms with Gasteiger partial charge in [0.25, 0.3) is 0 Å². The van der Waals surface area contributed by atoms with Gasteiger partial charge >= 0.3 is 6.03 Å². The van der Waals surface area contributed by atoms with Crippen molar-refractivity contribution in [1.82, 2.24) is 5.43 Å². The van der Waals surface area contributed by atoms with Crippen molar-refractivity contribution >= 4 is 23.3 Å². The minimum atomic E-state index is -0.974. The first-order chi connectivity index (χ1) is 6.54. The molecule has 76 valence electrons. The van der Waals surface area contributed by atoms with Gasteiger partial charge in [-0.2, -0.15) is 0 Å². The Morgan fingerprint density at radius 2 is 2.07 bits per heavy atom. The standard InChI is InChI=1S/C7H6ClF2N3O/c8-4-1-3(9)2-5(10)6(4)12-7(14)13-11/h1-2H,11H2,(H2,12,13,14). The molecule has 0 aliphatic rings. The molecular formula is C7H6ClF2N3O. The summed E-state index contributed by atoms with van der Waals surface area (Å²) in [5.41, 5.74) is 1.39. The van der Waals surface area contributed by atoms with Gasteiger partial charge in [0.1, 0.15) is 5.82 Å². The van der Waals surface area contributed by atoms with Gasteiger partial charge in [-0.1, -0.05) is 11.6 Å². The van der Waals surface area contributed by atoms with E-state index >= 15 is 0 Å². The highest BCUT2D eigenvalue weighted by Crippen LogP contribution is 2.25. The van der Waals surface area contributed by atoms with Crippen LogP contribution in [-0.4, -0.2) is 6.03 Å². The van der Waals surface area contributed by atoms with E-state index in [1.165, 1.54) is 0 Å². The van der Waals surface area contributed by atoms with E-state index in [1.807, 2.05) is 5.32 Å². The van der Waals surface area contributed by atoms with Crippen LogP contribution in [0.5, 0.6) is 0 Å². The van der Waals surface area contributed by atoms with Crippen LogP contribution in [0.3, 0.4) is 0 Å². The van der Waals surface area contributed by atoms with E-state index in [1.54, 1.807) is 5.43 Å². The minimum Gasteiger partial charge on any atom is -0.303 e. The molecule has 0 aliphatic heterocycles. The maximum atomic E-state index is 13.0. The molecule has 4 N–H and O–H groups in total. The molecule has 0 unspecified atom stereocenters. The molecule has 0 heterocycles. The number of halogens is 3. The summed E-state index contributed by atoms with van der Waals surface area (Å²) in [6.45, 7) is 0. The van der Waals surface area contributed by atoms with Crippen LogP contribution >= 0.6 is 11.6 Å². The summed E-state index contributed by atoms with van der Waals surface area (Å²) in [7, 11) is 0. The SMILES string of the molecule is NNC(=O)Nc1c(F)cc(F)cc1Cl. The van der Waals surface area contributed by atoms with Crippen LogP contribution in [0.25, 0.3) is 0 Å². The van der Waals surface area contributed by atoms with Crippen molar-refractivity contribution in [3.63, 3.8) is 0 Å². The third kappa shape index (κ3) is 2.30.